The molecule has 108 valence electrons. The fraction of sp³-hybridized carbons (Fsp3) is 0.529. The summed E-state index contributed by atoms with van der Waals surface area (Å²) < 4.78 is 1.40. The van der Waals surface area contributed by atoms with Gasteiger partial charge in [-0.05, 0) is 69.9 Å². The summed E-state index contributed by atoms with van der Waals surface area (Å²) in [6, 6.07) is 11.5. The molecule has 1 aliphatic heterocycles. The van der Waals surface area contributed by atoms with Crippen molar-refractivity contribution in [1.82, 2.24) is 10.2 Å². The summed E-state index contributed by atoms with van der Waals surface area (Å²) in [7, 11) is 0. The van der Waals surface area contributed by atoms with Gasteiger partial charge in [-0.15, -0.1) is 11.3 Å². The lowest BCUT2D eigenvalue weighted by Gasteiger charge is -2.16. The van der Waals surface area contributed by atoms with E-state index >= 15 is 0 Å². The van der Waals surface area contributed by atoms with Crippen molar-refractivity contribution in [2.24, 2.45) is 0 Å². The smallest absolute Gasteiger partial charge is 0.0386 e. The second-order valence-electron chi connectivity index (χ2n) is 5.76. The molecule has 1 fully saturated rings. The topological polar surface area (TPSA) is 15.3 Å². The highest BCUT2D eigenvalue weighted by Gasteiger charge is 2.11. The Kier molecular flexibility index (Phi) is 4.71. The van der Waals surface area contributed by atoms with Crippen LogP contribution in [0.2, 0.25) is 0 Å². The average molecular weight is 288 g/mol. The Morgan fingerprint density at radius 2 is 2.05 bits per heavy atom. The number of hydrogen-bond acceptors (Lipinski definition) is 3. The van der Waals surface area contributed by atoms with E-state index < -0.39 is 0 Å². The maximum Gasteiger partial charge on any atom is 0.0386 e. The molecule has 0 amide bonds. The molecular formula is C17H24N2S. The Hall–Kier alpha value is -0.900. The first-order valence-corrected chi connectivity index (χ1v) is 8.59. The predicted molar refractivity (Wildman–Crippen MR) is 88.5 cm³/mol. The largest absolute Gasteiger partial charge is 0.309 e. The molecular weight excluding hydrogens is 264 g/mol. The van der Waals surface area contributed by atoms with Crippen molar-refractivity contribution in [3.05, 3.63) is 35.2 Å². The van der Waals surface area contributed by atoms with Crippen molar-refractivity contribution >= 4 is 21.4 Å². The Labute approximate surface area is 125 Å². The molecule has 0 bridgehead atoms. The van der Waals surface area contributed by atoms with Gasteiger partial charge in [-0.25, -0.2) is 0 Å². The van der Waals surface area contributed by atoms with E-state index in [1.54, 1.807) is 0 Å². The van der Waals surface area contributed by atoms with Crippen LogP contribution >= 0.6 is 11.3 Å². The Morgan fingerprint density at radius 3 is 2.85 bits per heavy atom. The molecule has 20 heavy (non-hydrogen) atoms. The number of nitrogens with zero attached hydrogens (tertiary/aromatic N) is 1. The van der Waals surface area contributed by atoms with Gasteiger partial charge in [0.15, 0.2) is 0 Å². The third kappa shape index (κ3) is 3.40. The summed E-state index contributed by atoms with van der Waals surface area (Å²) in [5.74, 6) is 0. The van der Waals surface area contributed by atoms with E-state index in [2.05, 4.69) is 47.5 Å². The quantitative estimate of drug-likeness (QED) is 0.807. The number of rotatable bonds is 6. The minimum absolute atomic E-state index is 0.464. The lowest BCUT2D eigenvalue weighted by atomic mass is 10.2. The zero-order valence-corrected chi connectivity index (χ0v) is 13.1. The first kappa shape index (κ1) is 14.1. The van der Waals surface area contributed by atoms with E-state index in [-0.39, 0.29) is 0 Å². The zero-order valence-electron chi connectivity index (χ0n) is 12.3. The molecule has 0 aliphatic carbocycles. The first-order valence-electron chi connectivity index (χ1n) is 7.77. The summed E-state index contributed by atoms with van der Waals surface area (Å²) >= 11 is 1.92. The normalized spacial score (nSPS) is 17.9. The van der Waals surface area contributed by atoms with Gasteiger partial charge >= 0.3 is 0 Å². The van der Waals surface area contributed by atoms with Crippen LogP contribution in [0.1, 0.15) is 37.1 Å². The maximum atomic E-state index is 3.67. The van der Waals surface area contributed by atoms with E-state index in [0.717, 1.165) is 6.54 Å². The van der Waals surface area contributed by atoms with Gasteiger partial charge in [0.05, 0.1) is 0 Å². The molecule has 2 nitrogen and oxygen atoms in total. The molecule has 3 heteroatoms. The maximum absolute atomic E-state index is 3.67. The van der Waals surface area contributed by atoms with Crippen LogP contribution in [-0.2, 0) is 0 Å². The van der Waals surface area contributed by atoms with Crippen LogP contribution in [0.15, 0.2) is 30.3 Å². The molecule has 1 atom stereocenters. The highest BCUT2D eigenvalue weighted by molar-refractivity contribution is 7.19. The van der Waals surface area contributed by atoms with Crippen LogP contribution in [0.3, 0.4) is 0 Å². The summed E-state index contributed by atoms with van der Waals surface area (Å²) in [5.41, 5.74) is 0. The fourth-order valence-electron chi connectivity index (χ4n) is 2.94. The molecule has 2 aromatic rings. The SMILES string of the molecule is CC(NCCCN1CCCC1)c1cc2ccccc2s1. The van der Waals surface area contributed by atoms with Crippen molar-refractivity contribution < 1.29 is 0 Å². The van der Waals surface area contributed by atoms with E-state index in [1.807, 2.05) is 11.3 Å². The van der Waals surface area contributed by atoms with E-state index in [1.165, 1.54) is 53.9 Å². The first-order chi connectivity index (χ1) is 9.83. The summed E-state index contributed by atoms with van der Waals surface area (Å²) in [4.78, 5) is 4.04. The highest BCUT2D eigenvalue weighted by atomic mass is 32.1. The average Bonchev–Trinajstić information content (AvgIpc) is 3.12. The van der Waals surface area contributed by atoms with E-state index in [4.69, 9.17) is 0 Å². The van der Waals surface area contributed by atoms with Crippen LogP contribution in [-0.4, -0.2) is 31.1 Å². The molecule has 1 aliphatic rings. The zero-order chi connectivity index (χ0) is 13.8. The van der Waals surface area contributed by atoms with Gasteiger partial charge in [0.25, 0.3) is 0 Å². The van der Waals surface area contributed by atoms with Gasteiger partial charge in [0.1, 0.15) is 0 Å². The standard InChI is InChI=1S/C17H24N2S/c1-14(18-9-6-12-19-10-4-5-11-19)17-13-15-7-2-3-8-16(15)20-17/h2-3,7-8,13-14,18H,4-6,9-12H2,1H3. The molecule has 1 aromatic carbocycles. The third-order valence-corrected chi connectivity index (χ3v) is 5.47. The number of hydrogen-bond donors (Lipinski definition) is 1. The van der Waals surface area contributed by atoms with Crippen molar-refractivity contribution in [1.29, 1.82) is 0 Å². The Balaban J connectivity index is 1.47. The number of fused-ring (bicyclic) bond motifs is 1. The molecule has 0 spiro atoms. The van der Waals surface area contributed by atoms with Gasteiger partial charge in [0.2, 0.25) is 0 Å². The predicted octanol–water partition coefficient (Wildman–Crippen LogP) is 4.04. The van der Waals surface area contributed by atoms with Crippen molar-refractivity contribution in [3.63, 3.8) is 0 Å². The second-order valence-corrected chi connectivity index (χ2v) is 6.88. The van der Waals surface area contributed by atoms with Crippen LogP contribution in [0, 0.1) is 0 Å². The molecule has 3 rings (SSSR count). The van der Waals surface area contributed by atoms with Crippen LogP contribution < -0.4 is 5.32 Å². The molecule has 1 N–H and O–H groups in total. The Morgan fingerprint density at radius 1 is 1.25 bits per heavy atom. The second kappa shape index (κ2) is 6.70. The lowest BCUT2D eigenvalue weighted by molar-refractivity contribution is 0.328. The molecule has 1 unspecified atom stereocenters. The van der Waals surface area contributed by atoms with Gasteiger partial charge in [0, 0.05) is 15.6 Å². The molecule has 1 saturated heterocycles. The lowest BCUT2D eigenvalue weighted by Crippen LogP contribution is -2.26. The van der Waals surface area contributed by atoms with Gasteiger partial charge in [-0.1, -0.05) is 18.2 Å². The van der Waals surface area contributed by atoms with Gasteiger partial charge < -0.3 is 10.2 Å². The molecule has 1 aromatic heterocycles. The van der Waals surface area contributed by atoms with E-state index in [0.29, 0.717) is 6.04 Å². The van der Waals surface area contributed by atoms with E-state index in [9.17, 15) is 0 Å². The van der Waals surface area contributed by atoms with Crippen molar-refractivity contribution in [3.8, 4) is 0 Å². The van der Waals surface area contributed by atoms with Crippen molar-refractivity contribution in [2.75, 3.05) is 26.2 Å². The van der Waals surface area contributed by atoms with Gasteiger partial charge in [-0.2, -0.15) is 0 Å². The Bertz CT molecular complexity index is 510. The monoisotopic (exact) mass is 288 g/mol. The summed E-state index contributed by atoms with van der Waals surface area (Å²) in [5, 5.41) is 5.04. The summed E-state index contributed by atoms with van der Waals surface area (Å²) in [6.45, 7) is 7.27. The number of likely N-dealkylation sites (tertiary alicyclic amines) is 1. The number of benzene rings is 1. The molecule has 2 heterocycles. The van der Waals surface area contributed by atoms with Crippen LogP contribution in [0.5, 0.6) is 0 Å². The van der Waals surface area contributed by atoms with Crippen LogP contribution in [0.25, 0.3) is 10.1 Å². The summed E-state index contributed by atoms with van der Waals surface area (Å²) in [6.07, 6.45) is 4.05. The number of nitrogens with one attached hydrogen (secondary N) is 1. The van der Waals surface area contributed by atoms with Crippen LogP contribution in [0.4, 0.5) is 0 Å². The fourth-order valence-corrected chi connectivity index (χ4v) is 4.04. The minimum atomic E-state index is 0.464. The third-order valence-electron chi connectivity index (χ3n) is 4.17. The number of thiophene rings is 1. The minimum Gasteiger partial charge on any atom is -0.309 e. The van der Waals surface area contributed by atoms with Gasteiger partial charge in [-0.3, -0.25) is 0 Å². The molecule has 0 radical (unpaired) electrons. The highest BCUT2D eigenvalue weighted by Crippen LogP contribution is 2.29. The van der Waals surface area contributed by atoms with Crippen molar-refractivity contribution in [2.45, 2.75) is 32.2 Å². The molecule has 0 saturated carbocycles.